The molecule has 16 heavy (non-hydrogen) atoms. The van der Waals surface area contributed by atoms with Crippen molar-refractivity contribution in [3.8, 4) is 0 Å². The van der Waals surface area contributed by atoms with E-state index in [0.29, 0.717) is 5.17 Å². The van der Waals surface area contributed by atoms with Gasteiger partial charge in [0.2, 0.25) is 0 Å². The van der Waals surface area contributed by atoms with E-state index in [1.165, 1.54) is 0 Å². The fraction of sp³-hybridized carbons (Fsp3) is 0.214. The van der Waals surface area contributed by atoms with Gasteiger partial charge in [0, 0.05) is 0 Å². The van der Waals surface area contributed by atoms with E-state index in [2.05, 4.69) is 29.3 Å². The zero-order valence-corrected chi connectivity index (χ0v) is 9.82. The first-order valence-corrected chi connectivity index (χ1v) is 5.90. The Morgan fingerprint density at radius 2 is 1.88 bits per heavy atom. The van der Waals surface area contributed by atoms with Gasteiger partial charge in [-0.15, -0.1) is 0 Å². The molecular weight excluding hydrogens is 218 g/mol. The second-order valence-electron chi connectivity index (χ2n) is 3.72. The van der Waals surface area contributed by atoms with Crippen LogP contribution in [0.15, 0.2) is 53.6 Å². The number of hydrogen-bond donors (Lipinski definition) is 0. The quantitative estimate of drug-likeness (QED) is 0.679. The molecule has 0 saturated carbocycles. The summed E-state index contributed by atoms with van der Waals surface area (Å²) in [5.41, 5.74) is 2.09. The van der Waals surface area contributed by atoms with Crippen LogP contribution < -0.4 is 0 Å². The molecule has 0 aromatic heterocycles. The molecule has 0 bridgehead atoms. The monoisotopic (exact) mass is 231 g/mol. The van der Waals surface area contributed by atoms with E-state index in [4.69, 9.17) is 11.6 Å². The molecule has 1 aromatic rings. The maximum absolute atomic E-state index is 6.03. The molecule has 0 atom stereocenters. The van der Waals surface area contributed by atoms with Gasteiger partial charge in [-0.3, -0.25) is 0 Å². The smallest absolute Gasteiger partial charge is 0.129 e. The number of benzene rings is 1. The first-order chi connectivity index (χ1) is 7.86. The molecule has 0 amide bonds. The van der Waals surface area contributed by atoms with E-state index in [1.54, 1.807) is 0 Å². The van der Waals surface area contributed by atoms with Gasteiger partial charge in [0.1, 0.15) is 5.17 Å². The van der Waals surface area contributed by atoms with Crippen LogP contribution in [0.4, 0.5) is 0 Å². The number of hydrogen-bond acceptors (Lipinski definition) is 1. The number of allylic oxidation sites excluding steroid dienone is 3. The highest BCUT2D eigenvalue weighted by Crippen LogP contribution is 2.19. The lowest BCUT2D eigenvalue weighted by Gasteiger charge is -2.02. The summed E-state index contributed by atoms with van der Waals surface area (Å²) in [4.78, 5) is 4.42. The van der Waals surface area contributed by atoms with Crippen LogP contribution in [0.2, 0.25) is 0 Å². The van der Waals surface area contributed by atoms with Gasteiger partial charge >= 0.3 is 0 Å². The summed E-state index contributed by atoms with van der Waals surface area (Å²) >= 11 is 6.03. The molecule has 0 aliphatic carbocycles. The summed E-state index contributed by atoms with van der Waals surface area (Å²) in [6, 6.07) is 10.1. The minimum Gasteiger partial charge on any atom is -0.236 e. The predicted molar refractivity (Wildman–Crippen MR) is 70.7 cm³/mol. The Morgan fingerprint density at radius 1 is 1.06 bits per heavy atom. The Bertz CT molecular complexity index is 429. The maximum atomic E-state index is 6.03. The van der Waals surface area contributed by atoms with E-state index < -0.39 is 0 Å². The van der Waals surface area contributed by atoms with Crippen LogP contribution in [-0.4, -0.2) is 5.17 Å². The molecule has 0 spiro atoms. The Hall–Kier alpha value is -1.34. The van der Waals surface area contributed by atoms with E-state index >= 15 is 0 Å². The van der Waals surface area contributed by atoms with Crippen LogP contribution in [0.1, 0.15) is 24.8 Å². The third kappa shape index (κ3) is 3.07. The van der Waals surface area contributed by atoms with Crippen molar-refractivity contribution in [1.82, 2.24) is 0 Å². The van der Waals surface area contributed by atoms with Crippen molar-refractivity contribution in [3.63, 3.8) is 0 Å². The Morgan fingerprint density at radius 3 is 2.69 bits per heavy atom. The summed E-state index contributed by atoms with van der Waals surface area (Å²) in [6.07, 6.45) is 9.36. The number of aliphatic imine (C=N–C) groups is 1. The highest BCUT2D eigenvalue weighted by molar-refractivity contribution is 6.68. The third-order valence-electron chi connectivity index (χ3n) is 2.46. The molecule has 1 nitrogen and oxygen atoms in total. The lowest BCUT2D eigenvalue weighted by Crippen LogP contribution is -1.85. The molecule has 0 radical (unpaired) electrons. The number of halogens is 1. The van der Waals surface area contributed by atoms with Gasteiger partial charge in [-0.05, 0) is 30.9 Å². The average molecular weight is 232 g/mol. The normalized spacial score (nSPS) is 25.3. The minimum absolute atomic E-state index is 0.553. The largest absolute Gasteiger partial charge is 0.236 e. The van der Waals surface area contributed by atoms with Crippen LogP contribution in [0.3, 0.4) is 0 Å². The second-order valence-corrected chi connectivity index (χ2v) is 4.11. The zero-order chi connectivity index (χ0) is 11.2. The molecule has 0 unspecified atom stereocenters. The molecule has 1 heterocycles. The number of rotatable bonds is 1. The lowest BCUT2D eigenvalue weighted by atomic mass is 10.1. The summed E-state index contributed by atoms with van der Waals surface area (Å²) in [5.74, 6) is 0. The van der Waals surface area contributed by atoms with Crippen molar-refractivity contribution in [3.05, 3.63) is 54.1 Å². The molecule has 1 aliphatic rings. The molecule has 82 valence electrons. The van der Waals surface area contributed by atoms with Gasteiger partial charge in [-0.1, -0.05) is 54.1 Å². The van der Waals surface area contributed by atoms with Crippen LogP contribution in [0.25, 0.3) is 5.70 Å². The molecule has 0 saturated heterocycles. The Labute approximate surface area is 101 Å². The summed E-state index contributed by atoms with van der Waals surface area (Å²) < 4.78 is 0. The lowest BCUT2D eigenvalue weighted by molar-refractivity contribution is 0.870. The fourth-order valence-corrected chi connectivity index (χ4v) is 1.82. The highest BCUT2D eigenvalue weighted by Gasteiger charge is 2.01. The average Bonchev–Trinajstić information content (AvgIpc) is 2.42. The van der Waals surface area contributed by atoms with Gasteiger partial charge in [0.25, 0.3) is 0 Å². The van der Waals surface area contributed by atoms with Crippen molar-refractivity contribution >= 4 is 22.5 Å². The van der Waals surface area contributed by atoms with Gasteiger partial charge in [-0.2, -0.15) is 0 Å². The molecule has 2 heteroatoms. The minimum atomic E-state index is 0.553. The topological polar surface area (TPSA) is 12.4 Å². The van der Waals surface area contributed by atoms with Gasteiger partial charge in [0.15, 0.2) is 0 Å². The van der Waals surface area contributed by atoms with Crippen molar-refractivity contribution in [2.45, 2.75) is 19.3 Å². The van der Waals surface area contributed by atoms with Gasteiger partial charge in [-0.25, -0.2) is 4.99 Å². The van der Waals surface area contributed by atoms with Crippen LogP contribution >= 0.6 is 11.6 Å². The van der Waals surface area contributed by atoms with Crippen LogP contribution in [-0.2, 0) is 0 Å². The molecule has 1 aromatic carbocycles. The third-order valence-corrected chi connectivity index (χ3v) is 2.68. The van der Waals surface area contributed by atoms with Crippen LogP contribution in [0.5, 0.6) is 0 Å². The van der Waals surface area contributed by atoms with E-state index in [1.807, 2.05) is 24.3 Å². The van der Waals surface area contributed by atoms with Crippen molar-refractivity contribution in [1.29, 1.82) is 0 Å². The van der Waals surface area contributed by atoms with Crippen molar-refractivity contribution < 1.29 is 0 Å². The maximum Gasteiger partial charge on any atom is 0.129 e. The van der Waals surface area contributed by atoms with Crippen LogP contribution in [0, 0.1) is 0 Å². The standard InChI is InChI=1S/C14H14ClN/c15-14-11-7-2-1-6-10-13(16-14)12-8-4-3-5-9-12/h3-5,7-11H,1-2,6H2/b11-7-,13-10+,16-14+. The van der Waals surface area contributed by atoms with Gasteiger partial charge in [0.05, 0.1) is 5.70 Å². The Balaban J connectivity index is 2.34. The number of nitrogens with zero attached hydrogens (tertiary/aromatic N) is 1. The van der Waals surface area contributed by atoms with E-state index in [0.717, 1.165) is 30.5 Å². The molecular formula is C14H14ClN. The molecule has 0 N–H and O–H groups in total. The molecule has 0 fully saturated rings. The predicted octanol–water partition coefficient (Wildman–Crippen LogP) is 4.40. The van der Waals surface area contributed by atoms with Crippen molar-refractivity contribution in [2.75, 3.05) is 0 Å². The zero-order valence-electron chi connectivity index (χ0n) is 9.07. The fourth-order valence-electron chi connectivity index (χ4n) is 1.64. The van der Waals surface area contributed by atoms with E-state index in [-0.39, 0.29) is 0 Å². The van der Waals surface area contributed by atoms with Crippen molar-refractivity contribution in [2.24, 2.45) is 4.99 Å². The first kappa shape index (κ1) is 11.2. The van der Waals surface area contributed by atoms with E-state index in [9.17, 15) is 0 Å². The summed E-state index contributed by atoms with van der Waals surface area (Å²) in [5, 5.41) is 0.553. The SMILES string of the molecule is ClC1=N/C(c2ccccc2)=C/CCC/C=C\1. The highest BCUT2D eigenvalue weighted by atomic mass is 35.5. The second kappa shape index (κ2) is 5.66. The first-order valence-electron chi connectivity index (χ1n) is 5.52. The molecule has 1 aliphatic heterocycles. The molecule has 2 rings (SSSR count). The van der Waals surface area contributed by atoms with Gasteiger partial charge < -0.3 is 0 Å². The summed E-state index contributed by atoms with van der Waals surface area (Å²) in [7, 11) is 0. The Kier molecular flexibility index (Phi) is 3.95. The summed E-state index contributed by atoms with van der Waals surface area (Å²) in [6.45, 7) is 0.